The van der Waals surface area contributed by atoms with Crippen molar-refractivity contribution in [3.05, 3.63) is 0 Å². The first-order valence-corrected chi connectivity index (χ1v) is 7.80. The van der Waals surface area contributed by atoms with Gasteiger partial charge in [-0.1, -0.05) is 13.8 Å². The molecule has 0 aromatic heterocycles. The molecular formula is C15H28N2O2. The highest BCUT2D eigenvalue weighted by Crippen LogP contribution is 2.17. The summed E-state index contributed by atoms with van der Waals surface area (Å²) in [5.74, 6) is 0.719. The van der Waals surface area contributed by atoms with Gasteiger partial charge in [-0.3, -0.25) is 4.79 Å². The molecule has 2 aliphatic heterocycles. The topological polar surface area (TPSA) is 41.6 Å². The van der Waals surface area contributed by atoms with Gasteiger partial charge in [-0.2, -0.15) is 0 Å². The summed E-state index contributed by atoms with van der Waals surface area (Å²) < 4.78 is 5.66. The zero-order valence-corrected chi connectivity index (χ0v) is 12.4. The zero-order chi connectivity index (χ0) is 13.7. The number of carbonyl (C=O) groups excluding carboxylic acids is 1. The van der Waals surface area contributed by atoms with Crippen LogP contribution in [0.4, 0.5) is 0 Å². The molecule has 2 fully saturated rings. The van der Waals surface area contributed by atoms with E-state index in [4.69, 9.17) is 4.74 Å². The van der Waals surface area contributed by atoms with Crippen molar-refractivity contribution in [1.29, 1.82) is 0 Å². The van der Waals surface area contributed by atoms with E-state index in [1.54, 1.807) is 0 Å². The second-order valence-electron chi connectivity index (χ2n) is 6.29. The molecule has 110 valence electrons. The number of ether oxygens (including phenoxy) is 1. The Bertz CT molecular complexity index is 282. The molecule has 2 saturated heterocycles. The van der Waals surface area contributed by atoms with Crippen molar-refractivity contribution >= 4 is 5.91 Å². The molecule has 19 heavy (non-hydrogen) atoms. The highest BCUT2D eigenvalue weighted by atomic mass is 16.5. The van der Waals surface area contributed by atoms with Crippen molar-refractivity contribution in [2.75, 3.05) is 26.2 Å². The molecule has 4 nitrogen and oxygen atoms in total. The fourth-order valence-corrected chi connectivity index (χ4v) is 3.01. The van der Waals surface area contributed by atoms with Crippen molar-refractivity contribution in [3.8, 4) is 0 Å². The molecule has 0 aromatic carbocycles. The van der Waals surface area contributed by atoms with E-state index in [2.05, 4.69) is 19.2 Å². The summed E-state index contributed by atoms with van der Waals surface area (Å²) in [6.07, 6.45) is 5.34. The molecule has 0 radical (unpaired) electrons. The lowest BCUT2D eigenvalue weighted by molar-refractivity contribution is -0.147. The normalized spacial score (nSPS) is 27.7. The first kappa shape index (κ1) is 14.8. The molecule has 0 bridgehead atoms. The number of rotatable bonds is 5. The summed E-state index contributed by atoms with van der Waals surface area (Å²) in [5.41, 5.74) is 0. The minimum atomic E-state index is -0.186. The number of hydrogen-bond acceptors (Lipinski definition) is 3. The third-order valence-corrected chi connectivity index (χ3v) is 3.96. The quantitative estimate of drug-likeness (QED) is 0.826. The Morgan fingerprint density at radius 1 is 1.32 bits per heavy atom. The molecule has 0 saturated carbocycles. The number of nitrogens with one attached hydrogen (secondary N) is 1. The molecule has 2 rings (SSSR count). The predicted octanol–water partition coefficient (Wildman–Crippen LogP) is 1.79. The van der Waals surface area contributed by atoms with E-state index < -0.39 is 0 Å². The van der Waals surface area contributed by atoms with Crippen LogP contribution in [0.1, 0.15) is 46.0 Å². The Balaban J connectivity index is 1.92. The lowest BCUT2D eigenvalue weighted by atomic mass is 10.1. The van der Waals surface area contributed by atoms with Gasteiger partial charge in [0.15, 0.2) is 0 Å². The van der Waals surface area contributed by atoms with Gasteiger partial charge in [0.2, 0.25) is 0 Å². The lowest BCUT2D eigenvalue weighted by Gasteiger charge is -2.32. The number of amides is 1. The molecule has 4 heteroatoms. The average Bonchev–Trinajstić information content (AvgIpc) is 2.90. The molecule has 2 unspecified atom stereocenters. The first-order chi connectivity index (χ1) is 9.16. The standard InChI is InChI=1S/C15H28N2O2/c1-12(2)10-17(11-13-6-5-8-16-13)15(18)14-7-3-4-9-19-14/h12-14,16H,3-11H2,1-2H3. The van der Waals surface area contributed by atoms with Crippen molar-refractivity contribution in [2.45, 2.75) is 58.1 Å². The Hall–Kier alpha value is -0.610. The molecule has 2 aliphatic rings. The number of hydrogen-bond donors (Lipinski definition) is 1. The Morgan fingerprint density at radius 3 is 2.74 bits per heavy atom. The van der Waals surface area contributed by atoms with Crippen LogP contribution in [-0.4, -0.2) is 49.2 Å². The summed E-state index contributed by atoms with van der Waals surface area (Å²) in [4.78, 5) is 14.6. The molecule has 2 atom stereocenters. The van der Waals surface area contributed by atoms with Gasteiger partial charge in [0.1, 0.15) is 6.10 Å². The van der Waals surface area contributed by atoms with E-state index in [1.807, 2.05) is 4.90 Å². The largest absolute Gasteiger partial charge is 0.368 e. The van der Waals surface area contributed by atoms with Crippen molar-refractivity contribution < 1.29 is 9.53 Å². The van der Waals surface area contributed by atoms with E-state index in [0.29, 0.717) is 12.0 Å². The predicted molar refractivity (Wildman–Crippen MR) is 76.0 cm³/mol. The van der Waals surface area contributed by atoms with Crippen LogP contribution in [0.2, 0.25) is 0 Å². The van der Waals surface area contributed by atoms with Crippen LogP contribution in [0.5, 0.6) is 0 Å². The fraction of sp³-hybridized carbons (Fsp3) is 0.933. The average molecular weight is 268 g/mol. The van der Waals surface area contributed by atoms with Crippen LogP contribution in [0.25, 0.3) is 0 Å². The highest BCUT2D eigenvalue weighted by Gasteiger charge is 2.29. The van der Waals surface area contributed by atoms with Crippen molar-refractivity contribution in [1.82, 2.24) is 10.2 Å². The maximum absolute atomic E-state index is 12.6. The molecular weight excluding hydrogens is 240 g/mol. The number of nitrogens with zero attached hydrogens (tertiary/aromatic N) is 1. The van der Waals surface area contributed by atoms with Crippen LogP contribution >= 0.6 is 0 Å². The summed E-state index contributed by atoms with van der Waals surface area (Å²) in [6.45, 7) is 7.86. The molecule has 0 spiro atoms. The van der Waals surface area contributed by atoms with Gasteiger partial charge in [0.05, 0.1) is 0 Å². The number of carbonyl (C=O) groups is 1. The minimum absolute atomic E-state index is 0.186. The van der Waals surface area contributed by atoms with Gasteiger partial charge in [0.25, 0.3) is 5.91 Å². The van der Waals surface area contributed by atoms with Crippen LogP contribution < -0.4 is 5.32 Å². The zero-order valence-electron chi connectivity index (χ0n) is 12.4. The van der Waals surface area contributed by atoms with Crippen LogP contribution in [-0.2, 0) is 9.53 Å². The van der Waals surface area contributed by atoms with Gasteiger partial charge in [-0.25, -0.2) is 0 Å². The monoisotopic (exact) mass is 268 g/mol. The van der Waals surface area contributed by atoms with Gasteiger partial charge < -0.3 is 15.0 Å². The summed E-state index contributed by atoms with van der Waals surface area (Å²) in [7, 11) is 0. The highest BCUT2D eigenvalue weighted by molar-refractivity contribution is 5.81. The summed E-state index contributed by atoms with van der Waals surface area (Å²) in [6, 6.07) is 0.478. The fourth-order valence-electron chi connectivity index (χ4n) is 3.01. The van der Waals surface area contributed by atoms with E-state index in [9.17, 15) is 4.79 Å². The van der Waals surface area contributed by atoms with Crippen LogP contribution in [0.3, 0.4) is 0 Å². The van der Waals surface area contributed by atoms with Gasteiger partial charge in [0, 0.05) is 25.7 Å². The van der Waals surface area contributed by atoms with Crippen LogP contribution in [0.15, 0.2) is 0 Å². The smallest absolute Gasteiger partial charge is 0.251 e. The summed E-state index contributed by atoms with van der Waals surface area (Å²) in [5, 5.41) is 3.48. The van der Waals surface area contributed by atoms with Gasteiger partial charge in [-0.05, 0) is 44.6 Å². The maximum atomic E-state index is 12.6. The summed E-state index contributed by atoms with van der Waals surface area (Å²) >= 11 is 0. The maximum Gasteiger partial charge on any atom is 0.251 e. The van der Waals surface area contributed by atoms with Gasteiger partial charge >= 0.3 is 0 Å². The van der Waals surface area contributed by atoms with Gasteiger partial charge in [-0.15, -0.1) is 0 Å². The SMILES string of the molecule is CC(C)CN(CC1CCCN1)C(=O)C1CCCCO1. The lowest BCUT2D eigenvalue weighted by Crippen LogP contribution is -2.48. The molecule has 2 heterocycles. The second-order valence-corrected chi connectivity index (χ2v) is 6.29. The Labute approximate surface area is 116 Å². The van der Waals surface area contributed by atoms with E-state index >= 15 is 0 Å². The molecule has 0 aromatic rings. The minimum Gasteiger partial charge on any atom is -0.368 e. The van der Waals surface area contributed by atoms with Crippen LogP contribution in [0, 0.1) is 5.92 Å². The van der Waals surface area contributed by atoms with E-state index in [0.717, 1.165) is 45.5 Å². The molecule has 1 amide bonds. The molecule has 0 aliphatic carbocycles. The van der Waals surface area contributed by atoms with Crippen molar-refractivity contribution in [2.24, 2.45) is 5.92 Å². The first-order valence-electron chi connectivity index (χ1n) is 7.80. The second kappa shape index (κ2) is 7.25. The Morgan fingerprint density at radius 2 is 2.16 bits per heavy atom. The Kier molecular flexibility index (Phi) is 5.64. The molecule has 1 N–H and O–H groups in total. The van der Waals surface area contributed by atoms with Crippen molar-refractivity contribution in [3.63, 3.8) is 0 Å². The van der Waals surface area contributed by atoms with E-state index in [1.165, 1.54) is 12.8 Å². The third-order valence-electron chi connectivity index (χ3n) is 3.96. The van der Waals surface area contributed by atoms with E-state index in [-0.39, 0.29) is 12.0 Å². The third kappa shape index (κ3) is 4.46.